The van der Waals surface area contributed by atoms with E-state index in [0.29, 0.717) is 12.2 Å². The van der Waals surface area contributed by atoms with Crippen molar-refractivity contribution in [3.8, 4) is 0 Å². The summed E-state index contributed by atoms with van der Waals surface area (Å²) in [6.07, 6.45) is 1.34. The molecule has 0 amide bonds. The number of ketones is 1. The number of hydrogen-bond donors (Lipinski definition) is 2. The molecule has 3 nitrogen and oxygen atoms in total. The molecule has 1 fully saturated rings. The van der Waals surface area contributed by atoms with Crippen LogP contribution in [-0.2, 0) is 11.2 Å². The van der Waals surface area contributed by atoms with E-state index >= 15 is 0 Å². The number of carbonyl (C=O) groups excluding carboxylic acids is 1. The number of aromatic amines is 1. The second-order valence-electron chi connectivity index (χ2n) is 5.24. The standard InChI is InChI=1S/C15H17FN2O/c1-9-13(6-10-8-17-5-4-15(10)19)12-3-2-11(16)7-14(12)18-9/h2-3,7,10,17-18H,4-6,8H2,1H3. The first-order valence-electron chi connectivity index (χ1n) is 6.65. The third-order valence-corrected chi connectivity index (χ3v) is 3.93. The van der Waals surface area contributed by atoms with Crippen LogP contribution in [-0.4, -0.2) is 23.9 Å². The number of benzene rings is 1. The lowest BCUT2D eigenvalue weighted by molar-refractivity contribution is -0.123. The largest absolute Gasteiger partial charge is 0.358 e. The number of aromatic nitrogens is 1. The highest BCUT2D eigenvalue weighted by molar-refractivity contribution is 5.87. The Morgan fingerprint density at radius 2 is 2.26 bits per heavy atom. The molecule has 0 bridgehead atoms. The number of aryl methyl sites for hydroxylation is 1. The summed E-state index contributed by atoms with van der Waals surface area (Å²) >= 11 is 0. The number of halogens is 1. The summed E-state index contributed by atoms with van der Waals surface area (Å²) in [5, 5.41) is 4.29. The van der Waals surface area contributed by atoms with Crippen molar-refractivity contribution in [2.24, 2.45) is 5.92 Å². The van der Waals surface area contributed by atoms with Gasteiger partial charge in [0.15, 0.2) is 0 Å². The van der Waals surface area contributed by atoms with Gasteiger partial charge in [0.2, 0.25) is 0 Å². The Labute approximate surface area is 111 Å². The zero-order chi connectivity index (χ0) is 13.4. The summed E-state index contributed by atoms with van der Waals surface area (Å²) in [7, 11) is 0. The molecule has 2 heterocycles. The maximum absolute atomic E-state index is 13.2. The lowest BCUT2D eigenvalue weighted by atomic mass is 9.90. The molecule has 1 atom stereocenters. The first kappa shape index (κ1) is 12.4. The molecular weight excluding hydrogens is 243 g/mol. The van der Waals surface area contributed by atoms with Gasteiger partial charge in [0.05, 0.1) is 0 Å². The first-order chi connectivity index (χ1) is 9.15. The van der Waals surface area contributed by atoms with E-state index in [1.54, 1.807) is 6.07 Å². The van der Waals surface area contributed by atoms with Crippen molar-refractivity contribution in [1.82, 2.24) is 10.3 Å². The fourth-order valence-electron chi connectivity index (χ4n) is 2.86. The fourth-order valence-corrected chi connectivity index (χ4v) is 2.86. The predicted molar refractivity (Wildman–Crippen MR) is 72.7 cm³/mol. The molecule has 0 radical (unpaired) electrons. The lowest BCUT2D eigenvalue weighted by Gasteiger charge is -2.21. The molecule has 2 N–H and O–H groups in total. The molecule has 0 saturated carbocycles. The molecule has 0 spiro atoms. The molecule has 1 aromatic carbocycles. The van der Waals surface area contributed by atoms with E-state index in [4.69, 9.17) is 0 Å². The third kappa shape index (κ3) is 2.28. The van der Waals surface area contributed by atoms with Gasteiger partial charge in [0.25, 0.3) is 0 Å². The SMILES string of the molecule is Cc1[nH]c2cc(F)ccc2c1CC1CNCCC1=O. The quantitative estimate of drug-likeness (QED) is 0.870. The van der Waals surface area contributed by atoms with Crippen molar-refractivity contribution in [3.63, 3.8) is 0 Å². The molecule has 1 saturated heterocycles. The molecule has 1 unspecified atom stereocenters. The summed E-state index contributed by atoms with van der Waals surface area (Å²) in [5.41, 5.74) is 2.97. The average molecular weight is 260 g/mol. The van der Waals surface area contributed by atoms with Gasteiger partial charge in [0, 0.05) is 42.0 Å². The topological polar surface area (TPSA) is 44.9 Å². The van der Waals surface area contributed by atoms with Crippen LogP contribution >= 0.6 is 0 Å². The molecule has 19 heavy (non-hydrogen) atoms. The van der Waals surface area contributed by atoms with Crippen molar-refractivity contribution in [3.05, 3.63) is 35.3 Å². The first-order valence-corrected chi connectivity index (χ1v) is 6.65. The van der Waals surface area contributed by atoms with E-state index in [0.717, 1.165) is 41.7 Å². The number of piperidine rings is 1. The van der Waals surface area contributed by atoms with Crippen LogP contribution in [0, 0.1) is 18.7 Å². The molecule has 1 aromatic heterocycles. The highest BCUT2D eigenvalue weighted by Gasteiger charge is 2.24. The second kappa shape index (κ2) is 4.78. The van der Waals surface area contributed by atoms with Crippen LogP contribution in [0.1, 0.15) is 17.7 Å². The summed E-state index contributed by atoms with van der Waals surface area (Å²) in [4.78, 5) is 15.1. The van der Waals surface area contributed by atoms with Crippen LogP contribution in [0.2, 0.25) is 0 Å². The van der Waals surface area contributed by atoms with Crippen LogP contribution in [0.15, 0.2) is 18.2 Å². The minimum atomic E-state index is -0.240. The second-order valence-corrected chi connectivity index (χ2v) is 5.24. The maximum atomic E-state index is 13.2. The molecular formula is C15H17FN2O. The lowest BCUT2D eigenvalue weighted by Crippen LogP contribution is -2.38. The van der Waals surface area contributed by atoms with Crippen LogP contribution in [0.3, 0.4) is 0 Å². The zero-order valence-corrected chi connectivity index (χ0v) is 10.9. The third-order valence-electron chi connectivity index (χ3n) is 3.93. The highest BCUT2D eigenvalue weighted by Crippen LogP contribution is 2.26. The van der Waals surface area contributed by atoms with Gasteiger partial charge < -0.3 is 10.3 Å². The van der Waals surface area contributed by atoms with Gasteiger partial charge in [-0.25, -0.2) is 4.39 Å². The van der Waals surface area contributed by atoms with Crippen LogP contribution in [0.25, 0.3) is 10.9 Å². The van der Waals surface area contributed by atoms with Gasteiger partial charge in [-0.3, -0.25) is 4.79 Å². The van der Waals surface area contributed by atoms with Gasteiger partial charge >= 0.3 is 0 Å². The van der Waals surface area contributed by atoms with E-state index in [-0.39, 0.29) is 11.7 Å². The normalized spacial score (nSPS) is 20.1. The van der Waals surface area contributed by atoms with Crippen LogP contribution in [0.4, 0.5) is 4.39 Å². The molecule has 100 valence electrons. The Hall–Kier alpha value is -1.68. The van der Waals surface area contributed by atoms with Gasteiger partial charge in [-0.05, 0) is 37.1 Å². The van der Waals surface area contributed by atoms with Crippen molar-refractivity contribution in [1.29, 1.82) is 0 Å². The number of rotatable bonds is 2. The van der Waals surface area contributed by atoms with Crippen molar-refractivity contribution < 1.29 is 9.18 Å². The van der Waals surface area contributed by atoms with Crippen molar-refractivity contribution in [2.45, 2.75) is 19.8 Å². The number of H-pyrrole nitrogens is 1. The summed E-state index contributed by atoms with van der Waals surface area (Å²) in [6, 6.07) is 4.77. The Morgan fingerprint density at radius 1 is 1.42 bits per heavy atom. The minimum Gasteiger partial charge on any atom is -0.358 e. The van der Waals surface area contributed by atoms with Gasteiger partial charge in [-0.2, -0.15) is 0 Å². The summed E-state index contributed by atoms with van der Waals surface area (Å²) in [5.74, 6) is 0.127. The molecule has 0 aliphatic carbocycles. The smallest absolute Gasteiger partial charge is 0.138 e. The number of carbonyl (C=O) groups is 1. The predicted octanol–water partition coefficient (Wildman–Crippen LogP) is 2.34. The average Bonchev–Trinajstić information content (AvgIpc) is 2.68. The molecule has 4 heteroatoms. The van der Waals surface area contributed by atoms with E-state index in [1.165, 1.54) is 12.1 Å². The number of fused-ring (bicyclic) bond motifs is 1. The van der Waals surface area contributed by atoms with Crippen molar-refractivity contribution >= 4 is 16.7 Å². The summed E-state index contributed by atoms with van der Waals surface area (Å²) in [6.45, 7) is 3.51. The van der Waals surface area contributed by atoms with E-state index < -0.39 is 0 Å². The van der Waals surface area contributed by atoms with Gasteiger partial charge in [0.1, 0.15) is 11.6 Å². The zero-order valence-electron chi connectivity index (χ0n) is 10.9. The Balaban J connectivity index is 1.96. The Kier molecular flexibility index (Phi) is 3.11. The highest BCUT2D eigenvalue weighted by atomic mass is 19.1. The molecule has 3 rings (SSSR count). The van der Waals surface area contributed by atoms with E-state index in [9.17, 15) is 9.18 Å². The van der Waals surface area contributed by atoms with E-state index in [1.807, 2.05) is 6.92 Å². The Morgan fingerprint density at radius 3 is 3.05 bits per heavy atom. The van der Waals surface area contributed by atoms with Crippen LogP contribution < -0.4 is 5.32 Å². The number of Topliss-reactive ketones (excluding diaryl/α,β-unsaturated/α-hetero) is 1. The monoisotopic (exact) mass is 260 g/mol. The minimum absolute atomic E-state index is 0.0384. The van der Waals surface area contributed by atoms with Crippen LogP contribution in [0.5, 0.6) is 0 Å². The summed E-state index contributed by atoms with van der Waals surface area (Å²) < 4.78 is 13.2. The van der Waals surface area contributed by atoms with E-state index in [2.05, 4.69) is 10.3 Å². The molecule has 1 aliphatic heterocycles. The fraction of sp³-hybridized carbons (Fsp3) is 0.400. The van der Waals surface area contributed by atoms with Gasteiger partial charge in [-0.1, -0.05) is 0 Å². The molecule has 1 aliphatic rings. The van der Waals surface area contributed by atoms with Crippen molar-refractivity contribution in [2.75, 3.05) is 13.1 Å². The Bertz CT molecular complexity index is 632. The number of nitrogens with one attached hydrogen (secondary N) is 2. The number of hydrogen-bond acceptors (Lipinski definition) is 2. The molecule has 2 aromatic rings. The van der Waals surface area contributed by atoms with Gasteiger partial charge in [-0.15, -0.1) is 0 Å². The maximum Gasteiger partial charge on any atom is 0.138 e.